The van der Waals surface area contributed by atoms with E-state index in [9.17, 15) is 9.59 Å². The minimum Gasteiger partial charge on any atom is -0.383 e. The summed E-state index contributed by atoms with van der Waals surface area (Å²) in [6, 6.07) is 7.58. The van der Waals surface area contributed by atoms with Crippen molar-refractivity contribution in [2.75, 3.05) is 13.7 Å². The van der Waals surface area contributed by atoms with E-state index in [1.807, 2.05) is 24.3 Å². The largest absolute Gasteiger partial charge is 0.383 e. The molecule has 1 aromatic carbocycles. The van der Waals surface area contributed by atoms with Crippen LogP contribution in [0.4, 0.5) is 0 Å². The lowest BCUT2D eigenvalue weighted by Crippen LogP contribution is -2.29. The maximum atomic E-state index is 12.5. The van der Waals surface area contributed by atoms with Crippen molar-refractivity contribution >= 4 is 32.9 Å². The number of aryl methyl sites for hydroxylation is 1. The highest BCUT2D eigenvalue weighted by Crippen LogP contribution is 2.25. The number of nitrogens with zero attached hydrogens (tertiary/aromatic N) is 5. The van der Waals surface area contributed by atoms with E-state index in [4.69, 9.17) is 4.74 Å². The first-order valence-electron chi connectivity index (χ1n) is 7.84. The molecular weight excluding hydrogens is 404 g/mol. The molecule has 9 nitrogen and oxygen atoms in total. The molecule has 4 aromatic rings. The van der Waals surface area contributed by atoms with Crippen molar-refractivity contribution in [1.29, 1.82) is 0 Å². The normalized spacial score (nSPS) is 11.7. The molecule has 134 valence electrons. The fraction of sp³-hybridized carbons (Fsp3) is 0.250. The molecule has 0 radical (unpaired) electrons. The fourth-order valence-electron chi connectivity index (χ4n) is 3.02. The number of fused-ring (bicyclic) bond motifs is 3. The van der Waals surface area contributed by atoms with Gasteiger partial charge in [0.25, 0.3) is 5.56 Å². The van der Waals surface area contributed by atoms with Crippen molar-refractivity contribution in [1.82, 2.24) is 28.7 Å². The van der Waals surface area contributed by atoms with Crippen LogP contribution in [0.2, 0.25) is 0 Å². The van der Waals surface area contributed by atoms with Crippen LogP contribution in [-0.2, 0) is 18.3 Å². The molecule has 0 fully saturated rings. The highest BCUT2D eigenvalue weighted by molar-refractivity contribution is 9.10. The fourth-order valence-corrected chi connectivity index (χ4v) is 3.29. The predicted molar refractivity (Wildman–Crippen MR) is 99.4 cm³/mol. The molecule has 0 aliphatic heterocycles. The Hall–Kier alpha value is -2.72. The SMILES string of the molecule is COCCn1c2c(=O)[nH]c(=O)n(C)c2n2c(-c3ccc(Br)cc3)nnc12. The summed E-state index contributed by atoms with van der Waals surface area (Å²) in [6.07, 6.45) is 0. The van der Waals surface area contributed by atoms with Crippen LogP contribution in [0.1, 0.15) is 0 Å². The third kappa shape index (κ3) is 2.41. The van der Waals surface area contributed by atoms with Gasteiger partial charge >= 0.3 is 5.69 Å². The highest BCUT2D eigenvalue weighted by Gasteiger charge is 2.22. The summed E-state index contributed by atoms with van der Waals surface area (Å²) in [5, 5.41) is 8.54. The van der Waals surface area contributed by atoms with Gasteiger partial charge in [0.15, 0.2) is 17.0 Å². The second kappa shape index (κ2) is 6.22. The van der Waals surface area contributed by atoms with Crippen molar-refractivity contribution in [2.24, 2.45) is 7.05 Å². The van der Waals surface area contributed by atoms with Crippen LogP contribution in [0.3, 0.4) is 0 Å². The molecule has 0 saturated heterocycles. The number of hydrogen-bond acceptors (Lipinski definition) is 5. The molecule has 1 N–H and O–H groups in total. The maximum Gasteiger partial charge on any atom is 0.329 e. The van der Waals surface area contributed by atoms with Gasteiger partial charge in [0.2, 0.25) is 5.78 Å². The number of nitrogens with one attached hydrogen (secondary N) is 1. The summed E-state index contributed by atoms with van der Waals surface area (Å²) in [5.41, 5.74) is 0.648. The minimum atomic E-state index is -0.497. The highest BCUT2D eigenvalue weighted by atomic mass is 79.9. The Kier molecular flexibility index (Phi) is 4.00. The van der Waals surface area contributed by atoms with E-state index >= 15 is 0 Å². The van der Waals surface area contributed by atoms with Gasteiger partial charge in [-0.2, -0.15) is 0 Å². The van der Waals surface area contributed by atoms with Gasteiger partial charge in [-0.25, -0.2) is 9.20 Å². The van der Waals surface area contributed by atoms with Crippen molar-refractivity contribution in [3.8, 4) is 11.4 Å². The Balaban J connectivity index is 2.15. The number of aromatic nitrogens is 6. The van der Waals surface area contributed by atoms with E-state index in [-0.39, 0.29) is 0 Å². The third-order valence-electron chi connectivity index (χ3n) is 4.26. The van der Waals surface area contributed by atoms with Gasteiger partial charge in [0, 0.05) is 30.7 Å². The Bertz CT molecular complexity index is 1230. The molecular formula is C16H15BrN6O3. The van der Waals surface area contributed by atoms with E-state index in [2.05, 4.69) is 31.1 Å². The van der Waals surface area contributed by atoms with E-state index in [1.165, 1.54) is 4.57 Å². The topological polar surface area (TPSA) is 99.2 Å². The number of methoxy groups -OCH3 is 1. The second-order valence-electron chi connectivity index (χ2n) is 5.80. The molecule has 0 atom stereocenters. The first kappa shape index (κ1) is 16.7. The standard InChI is InChI=1S/C16H15BrN6O3/c1-21-14-11(13(24)18-16(21)25)22(7-8-26-2)15-20-19-12(23(14)15)9-3-5-10(17)6-4-9/h3-6H,7-8H2,1-2H3,(H,18,24,25). The minimum absolute atomic E-state index is 0.354. The van der Waals surface area contributed by atoms with Crippen LogP contribution in [0.5, 0.6) is 0 Å². The smallest absolute Gasteiger partial charge is 0.329 e. The Morgan fingerprint density at radius 1 is 1.19 bits per heavy atom. The number of ether oxygens (including phenoxy) is 1. The number of halogens is 1. The lowest BCUT2D eigenvalue weighted by molar-refractivity contribution is 0.189. The Labute approximate surface area is 155 Å². The van der Waals surface area contributed by atoms with Crippen LogP contribution in [0.15, 0.2) is 38.3 Å². The Morgan fingerprint density at radius 3 is 2.62 bits per heavy atom. The van der Waals surface area contributed by atoms with Gasteiger partial charge in [-0.05, 0) is 12.1 Å². The summed E-state index contributed by atoms with van der Waals surface area (Å²) >= 11 is 3.41. The van der Waals surface area contributed by atoms with Gasteiger partial charge in [0.1, 0.15) is 0 Å². The van der Waals surface area contributed by atoms with E-state index in [0.717, 1.165) is 10.0 Å². The summed E-state index contributed by atoms with van der Waals surface area (Å²) in [7, 11) is 3.19. The molecule has 10 heteroatoms. The van der Waals surface area contributed by atoms with Gasteiger partial charge in [-0.1, -0.05) is 28.1 Å². The number of rotatable bonds is 4. The van der Waals surface area contributed by atoms with Crippen LogP contribution >= 0.6 is 15.9 Å². The number of imidazole rings is 1. The van der Waals surface area contributed by atoms with Crippen molar-refractivity contribution in [2.45, 2.75) is 6.54 Å². The average Bonchev–Trinajstić information content (AvgIpc) is 3.17. The molecule has 3 aromatic heterocycles. The van der Waals surface area contributed by atoms with Crippen LogP contribution < -0.4 is 11.2 Å². The molecule has 0 unspecified atom stereocenters. The van der Waals surface area contributed by atoms with E-state index in [1.54, 1.807) is 23.1 Å². The molecule has 0 bridgehead atoms. The molecule has 0 aliphatic carbocycles. The summed E-state index contributed by atoms with van der Waals surface area (Å²) < 4.78 is 10.9. The zero-order valence-electron chi connectivity index (χ0n) is 14.1. The zero-order chi connectivity index (χ0) is 18.4. The molecule has 26 heavy (non-hydrogen) atoms. The maximum absolute atomic E-state index is 12.5. The zero-order valence-corrected chi connectivity index (χ0v) is 15.6. The molecule has 4 rings (SSSR count). The van der Waals surface area contributed by atoms with Gasteiger partial charge < -0.3 is 9.30 Å². The number of benzene rings is 1. The first-order chi connectivity index (χ1) is 12.5. The van der Waals surface area contributed by atoms with Crippen molar-refractivity contribution in [3.63, 3.8) is 0 Å². The Morgan fingerprint density at radius 2 is 1.92 bits per heavy atom. The van der Waals surface area contributed by atoms with Crippen LogP contribution in [0, 0.1) is 0 Å². The molecule has 0 amide bonds. The molecule has 3 heterocycles. The summed E-state index contributed by atoms with van der Waals surface area (Å²) in [4.78, 5) is 27.0. The van der Waals surface area contributed by atoms with E-state index < -0.39 is 11.2 Å². The number of H-pyrrole nitrogens is 1. The predicted octanol–water partition coefficient (Wildman–Crippen LogP) is 1.15. The van der Waals surface area contributed by atoms with Gasteiger partial charge in [-0.15, -0.1) is 10.2 Å². The average molecular weight is 419 g/mol. The monoisotopic (exact) mass is 418 g/mol. The van der Waals surface area contributed by atoms with Gasteiger partial charge in [-0.3, -0.25) is 14.3 Å². The lowest BCUT2D eigenvalue weighted by atomic mass is 10.2. The van der Waals surface area contributed by atoms with Crippen molar-refractivity contribution in [3.05, 3.63) is 49.6 Å². The molecule has 0 saturated carbocycles. The molecule has 0 aliphatic rings. The molecule has 0 spiro atoms. The number of hydrogen-bond donors (Lipinski definition) is 1. The lowest BCUT2D eigenvalue weighted by Gasteiger charge is -2.04. The van der Waals surface area contributed by atoms with Gasteiger partial charge in [0.05, 0.1) is 6.61 Å². The van der Waals surface area contributed by atoms with Crippen LogP contribution in [-0.4, -0.2) is 42.4 Å². The first-order valence-corrected chi connectivity index (χ1v) is 8.63. The third-order valence-corrected chi connectivity index (χ3v) is 4.79. The summed E-state index contributed by atoms with van der Waals surface area (Å²) in [5.74, 6) is 1.02. The van der Waals surface area contributed by atoms with Crippen LogP contribution in [0.25, 0.3) is 28.3 Å². The second-order valence-corrected chi connectivity index (χ2v) is 6.72. The summed E-state index contributed by atoms with van der Waals surface area (Å²) in [6.45, 7) is 0.797. The van der Waals surface area contributed by atoms with E-state index in [0.29, 0.717) is 35.9 Å². The quantitative estimate of drug-likeness (QED) is 0.535. The number of aromatic amines is 1. The van der Waals surface area contributed by atoms with Crippen molar-refractivity contribution < 1.29 is 4.74 Å².